The Morgan fingerprint density at radius 1 is 1.43 bits per heavy atom. The largest absolute Gasteiger partial charge is 0.352 e. The van der Waals surface area contributed by atoms with Gasteiger partial charge in [0.15, 0.2) is 0 Å². The minimum atomic E-state index is -0.688. The topological polar surface area (TPSA) is 101 Å². The molecule has 0 heterocycles. The third kappa shape index (κ3) is 3.91. The third-order valence-electron chi connectivity index (χ3n) is 3.07. The van der Waals surface area contributed by atoms with E-state index >= 15 is 0 Å². The summed E-state index contributed by atoms with van der Waals surface area (Å²) in [6.45, 7) is 1.57. The van der Waals surface area contributed by atoms with Gasteiger partial charge in [0, 0.05) is 17.7 Å². The predicted octanol–water partition coefficient (Wildman–Crippen LogP) is 1.65. The van der Waals surface area contributed by atoms with Crippen LogP contribution in [-0.2, 0) is 4.79 Å². The second-order valence-electron chi connectivity index (χ2n) is 4.90. The molecule has 1 unspecified atom stereocenters. The SMILES string of the molecule is CC(NC(=O)c1ccc([N+](=O)[O-])c(Cl)c1)C(=O)NC1CC1. The van der Waals surface area contributed by atoms with Gasteiger partial charge in [0.25, 0.3) is 11.6 Å². The number of nitro groups is 1. The van der Waals surface area contributed by atoms with E-state index in [-0.39, 0.29) is 28.2 Å². The van der Waals surface area contributed by atoms with E-state index in [1.807, 2.05) is 0 Å². The van der Waals surface area contributed by atoms with Crippen LogP contribution in [0.15, 0.2) is 18.2 Å². The Kier molecular flexibility index (Phi) is 4.42. The van der Waals surface area contributed by atoms with Gasteiger partial charge in [-0.1, -0.05) is 11.6 Å². The van der Waals surface area contributed by atoms with Crippen LogP contribution in [0.25, 0.3) is 0 Å². The second-order valence-corrected chi connectivity index (χ2v) is 5.31. The van der Waals surface area contributed by atoms with Crippen LogP contribution in [0.1, 0.15) is 30.1 Å². The van der Waals surface area contributed by atoms with Crippen molar-refractivity contribution in [1.29, 1.82) is 0 Å². The van der Waals surface area contributed by atoms with Crippen molar-refractivity contribution in [3.63, 3.8) is 0 Å². The molecule has 0 aliphatic heterocycles. The lowest BCUT2D eigenvalue weighted by atomic mass is 10.1. The fourth-order valence-electron chi connectivity index (χ4n) is 1.70. The molecule has 1 fully saturated rings. The molecular weight excluding hydrogens is 298 g/mol. The number of nitrogens with one attached hydrogen (secondary N) is 2. The number of amides is 2. The lowest BCUT2D eigenvalue weighted by Gasteiger charge is -2.13. The molecule has 21 heavy (non-hydrogen) atoms. The van der Waals surface area contributed by atoms with Crippen molar-refractivity contribution < 1.29 is 14.5 Å². The van der Waals surface area contributed by atoms with Crippen LogP contribution in [-0.4, -0.2) is 28.8 Å². The molecule has 112 valence electrons. The van der Waals surface area contributed by atoms with E-state index in [1.165, 1.54) is 12.1 Å². The van der Waals surface area contributed by atoms with Gasteiger partial charge in [-0.2, -0.15) is 0 Å². The Labute approximate surface area is 125 Å². The van der Waals surface area contributed by atoms with Crippen LogP contribution in [0.2, 0.25) is 5.02 Å². The average molecular weight is 312 g/mol. The van der Waals surface area contributed by atoms with E-state index in [1.54, 1.807) is 6.92 Å². The van der Waals surface area contributed by atoms with E-state index < -0.39 is 16.9 Å². The van der Waals surface area contributed by atoms with Gasteiger partial charge in [0.2, 0.25) is 5.91 Å². The van der Waals surface area contributed by atoms with E-state index in [0.717, 1.165) is 18.9 Å². The Balaban J connectivity index is 2.00. The molecule has 1 aliphatic rings. The van der Waals surface area contributed by atoms with Crippen LogP contribution >= 0.6 is 11.6 Å². The zero-order chi connectivity index (χ0) is 15.6. The lowest BCUT2D eigenvalue weighted by molar-refractivity contribution is -0.384. The van der Waals surface area contributed by atoms with Gasteiger partial charge in [-0.3, -0.25) is 19.7 Å². The number of halogens is 1. The number of hydrogen-bond acceptors (Lipinski definition) is 4. The van der Waals surface area contributed by atoms with E-state index in [9.17, 15) is 19.7 Å². The van der Waals surface area contributed by atoms with Gasteiger partial charge in [0.1, 0.15) is 11.1 Å². The van der Waals surface area contributed by atoms with Gasteiger partial charge in [-0.15, -0.1) is 0 Å². The van der Waals surface area contributed by atoms with Gasteiger partial charge in [-0.25, -0.2) is 0 Å². The lowest BCUT2D eigenvalue weighted by Crippen LogP contribution is -2.45. The minimum absolute atomic E-state index is 0.122. The van der Waals surface area contributed by atoms with Crippen molar-refractivity contribution in [1.82, 2.24) is 10.6 Å². The zero-order valence-corrected chi connectivity index (χ0v) is 12.0. The Bertz CT molecular complexity index is 601. The first-order valence-electron chi connectivity index (χ1n) is 6.43. The van der Waals surface area contributed by atoms with Crippen LogP contribution in [0.3, 0.4) is 0 Å². The van der Waals surface area contributed by atoms with Crippen LogP contribution < -0.4 is 10.6 Å². The Hall–Kier alpha value is -2.15. The highest BCUT2D eigenvalue weighted by atomic mass is 35.5. The van der Waals surface area contributed by atoms with E-state index in [2.05, 4.69) is 10.6 Å². The maximum atomic E-state index is 12.0. The molecule has 0 saturated heterocycles. The Morgan fingerprint density at radius 3 is 2.62 bits per heavy atom. The fourth-order valence-corrected chi connectivity index (χ4v) is 1.95. The molecule has 2 N–H and O–H groups in total. The summed E-state index contributed by atoms with van der Waals surface area (Å²) in [7, 11) is 0. The standard InChI is InChI=1S/C13H14ClN3O4/c1-7(12(18)16-9-3-4-9)15-13(19)8-2-5-11(17(20)21)10(14)6-8/h2,5-7,9H,3-4H2,1H3,(H,15,19)(H,16,18). The summed E-state index contributed by atoms with van der Waals surface area (Å²) in [5.74, 6) is -0.760. The molecule has 2 rings (SSSR count). The van der Waals surface area contributed by atoms with Gasteiger partial charge in [0.05, 0.1) is 4.92 Å². The molecule has 1 aromatic rings. The van der Waals surface area contributed by atoms with Crippen LogP contribution in [0.5, 0.6) is 0 Å². The number of carbonyl (C=O) groups is 2. The quantitative estimate of drug-likeness (QED) is 0.637. The highest BCUT2D eigenvalue weighted by Gasteiger charge is 2.26. The third-order valence-corrected chi connectivity index (χ3v) is 3.37. The Morgan fingerprint density at radius 2 is 2.10 bits per heavy atom. The van der Waals surface area contributed by atoms with Gasteiger partial charge in [-0.05, 0) is 31.9 Å². The first kappa shape index (κ1) is 15.2. The molecule has 1 atom stereocenters. The van der Waals surface area contributed by atoms with E-state index in [0.29, 0.717) is 0 Å². The number of hydrogen-bond donors (Lipinski definition) is 2. The number of carbonyl (C=O) groups excluding carboxylic acids is 2. The maximum absolute atomic E-state index is 12.0. The summed E-state index contributed by atoms with van der Waals surface area (Å²) in [6.07, 6.45) is 1.93. The average Bonchev–Trinajstić information content (AvgIpc) is 3.21. The predicted molar refractivity (Wildman–Crippen MR) is 76.2 cm³/mol. The number of nitrogens with zero attached hydrogens (tertiary/aromatic N) is 1. The van der Waals surface area contributed by atoms with Gasteiger partial charge < -0.3 is 10.6 Å². The zero-order valence-electron chi connectivity index (χ0n) is 11.3. The number of nitro benzene ring substituents is 1. The van der Waals surface area contributed by atoms with Crippen molar-refractivity contribution in [2.45, 2.75) is 31.8 Å². The molecule has 8 heteroatoms. The fraction of sp³-hybridized carbons (Fsp3) is 0.385. The van der Waals surface area contributed by atoms with Crippen molar-refractivity contribution in [3.05, 3.63) is 38.9 Å². The molecule has 0 aromatic heterocycles. The first-order valence-corrected chi connectivity index (χ1v) is 6.81. The number of benzene rings is 1. The van der Waals surface area contributed by atoms with Crippen LogP contribution in [0.4, 0.5) is 5.69 Å². The second kappa shape index (κ2) is 6.09. The van der Waals surface area contributed by atoms with Crippen molar-refractivity contribution in [2.24, 2.45) is 0 Å². The van der Waals surface area contributed by atoms with Crippen molar-refractivity contribution >= 4 is 29.1 Å². The smallest absolute Gasteiger partial charge is 0.287 e. The van der Waals surface area contributed by atoms with E-state index in [4.69, 9.17) is 11.6 Å². The van der Waals surface area contributed by atoms with Crippen LogP contribution in [0, 0.1) is 10.1 Å². The minimum Gasteiger partial charge on any atom is -0.352 e. The maximum Gasteiger partial charge on any atom is 0.287 e. The summed E-state index contributed by atoms with van der Waals surface area (Å²) < 4.78 is 0. The molecule has 0 radical (unpaired) electrons. The molecule has 1 aliphatic carbocycles. The monoisotopic (exact) mass is 311 g/mol. The summed E-state index contributed by atoms with van der Waals surface area (Å²) >= 11 is 5.74. The first-order chi connectivity index (χ1) is 9.88. The van der Waals surface area contributed by atoms with Crippen molar-refractivity contribution in [2.75, 3.05) is 0 Å². The molecule has 0 spiro atoms. The molecule has 2 amide bonds. The molecule has 0 bridgehead atoms. The summed E-state index contributed by atoms with van der Waals surface area (Å²) in [4.78, 5) is 33.7. The summed E-state index contributed by atoms with van der Waals surface area (Å²) in [5.41, 5.74) is -0.107. The molecular formula is C13H14ClN3O4. The molecule has 1 saturated carbocycles. The molecule has 7 nitrogen and oxygen atoms in total. The number of rotatable bonds is 5. The van der Waals surface area contributed by atoms with Gasteiger partial charge >= 0.3 is 0 Å². The highest BCUT2D eigenvalue weighted by molar-refractivity contribution is 6.33. The van der Waals surface area contributed by atoms with Crippen molar-refractivity contribution in [3.8, 4) is 0 Å². The summed E-state index contributed by atoms with van der Waals surface area (Å²) in [5, 5.41) is 15.8. The highest BCUT2D eigenvalue weighted by Crippen LogP contribution is 2.25. The normalized spacial score (nSPS) is 15.1. The summed E-state index contributed by atoms with van der Waals surface area (Å²) in [6, 6.07) is 3.19. The molecule has 1 aromatic carbocycles.